The first kappa shape index (κ1) is 14.2. The molecule has 0 spiro atoms. The summed E-state index contributed by atoms with van der Waals surface area (Å²) in [7, 11) is 1.50. The van der Waals surface area contributed by atoms with Crippen molar-refractivity contribution in [1.82, 2.24) is 0 Å². The minimum atomic E-state index is -0.973. The van der Waals surface area contributed by atoms with E-state index in [4.69, 9.17) is 9.84 Å². The molecule has 0 aliphatic heterocycles. The van der Waals surface area contributed by atoms with Crippen LogP contribution in [-0.4, -0.2) is 24.0 Å². The van der Waals surface area contributed by atoms with Crippen molar-refractivity contribution in [3.8, 4) is 5.75 Å². The number of carbonyl (C=O) groups excluding carboxylic acids is 1. The summed E-state index contributed by atoms with van der Waals surface area (Å²) < 4.78 is 5.19. The number of carbonyl (C=O) groups is 2. The maximum absolute atomic E-state index is 12.2. The minimum Gasteiger partial charge on any atom is -0.496 e. The molecular formula is C14H18O4. The highest BCUT2D eigenvalue weighted by molar-refractivity contribution is 6.01. The number of aryl methyl sites for hydroxylation is 2. The van der Waals surface area contributed by atoms with Gasteiger partial charge in [-0.2, -0.15) is 0 Å². The Hall–Kier alpha value is -1.84. The second-order valence-corrected chi connectivity index (χ2v) is 4.50. The second-order valence-electron chi connectivity index (χ2n) is 4.50. The Morgan fingerprint density at radius 1 is 1.28 bits per heavy atom. The molecule has 0 saturated carbocycles. The molecule has 0 aliphatic carbocycles. The van der Waals surface area contributed by atoms with E-state index in [2.05, 4.69) is 0 Å². The summed E-state index contributed by atoms with van der Waals surface area (Å²) in [4.78, 5) is 22.8. The highest BCUT2D eigenvalue weighted by atomic mass is 16.5. The molecule has 4 nitrogen and oxygen atoms in total. The molecule has 0 fully saturated rings. The molecule has 1 aromatic rings. The molecule has 4 heteroatoms. The normalized spacial score (nSPS) is 12.0. The fraction of sp³-hybridized carbons (Fsp3) is 0.429. The Morgan fingerprint density at radius 2 is 1.83 bits per heavy atom. The summed E-state index contributed by atoms with van der Waals surface area (Å²) in [6, 6.07) is 3.56. The van der Waals surface area contributed by atoms with Crippen LogP contribution in [0.15, 0.2) is 12.1 Å². The smallest absolute Gasteiger partial charge is 0.304 e. The lowest BCUT2D eigenvalue weighted by Crippen LogP contribution is -2.16. The van der Waals surface area contributed by atoms with E-state index in [-0.39, 0.29) is 12.2 Å². The van der Waals surface area contributed by atoms with E-state index < -0.39 is 11.9 Å². The van der Waals surface area contributed by atoms with Gasteiger partial charge in [-0.3, -0.25) is 9.59 Å². The van der Waals surface area contributed by atoms with Gasteiger partial charge in [-0.25, -0.2) is 0 Å². The minimum absolute atomic E-state index is 0.172. The van der Waals surface area contributed by atoms with Crippen molar-refractivity contribution < 1.29 is 19.4 Å². The molecule has 1 unspecified atom stereocenters. The van der Waals surface area contributed by atoms with Gasteiger partial charge < -0.3 is 9.84 Å². The van der Waals surface area contributed by atoms with E-state index in [1.54, 1.807) is 19.1 Å². The van der Waals surface area contributed by atoms with E-state index in [0.29, 0.717) is 11.3 Å². The van der Waals surface area contributed by atoms with Gasteiger partial charge in [0.15, 0.2) is 5.78 Å². The van der Waals surface area contributed by atoms with Crippen molar-refractivity contribution in [2.24, 2.45) is 5.92 Å². The Labute approximate surface area is 107 Å². The summed E-state index contributed by atoms with van der Waals surface area (Å²) in [5.41, 5.74) is 2.48. The van der Waals surface area contributed by atoms with Crippen LogP contribution < -0.4 is 4.74 Å². The molecule has 0 saturated heterocycles. The lowest BCUT2D eigenvalue weighted by Gasteiger charge is -2.13. The van der Waals surface area contributed by atoms with Crippen LogP contribution in [0.4, 0.5) is 0 Å². The second kappa shape index (κ2) is 5.67. The number of hydrogen-bond acceptors (Lipinski definition) is 3. The standard InChI is InChI=1S/C14H18O4/c1-8-5-11(12(18-4)6-9(8)2)14(17)10(3)7-13(15)16/h5-6,10H,7H2,1-4H3,(H,15,16). The zero-order valence-corrected chi connectivity index (χ0v) is 11.1. The number of ether oxygens (including phenoxy) is 1. The number of benzene rings is 1. The summed E-state index contributed by atoms with van der Waals surface area (Å²) in [5.74, 6) is -1.23. The topological polar surface area (TPSA) is 63.6 Å². The number of carboxylic acids is 1. The first-order valence-electron chi connectivity index (χ1n) is 5.78. The lowest BCUT2D eigenvalue weighted by atomic mass is 9.93. The van der Waals surface area contributed by atoms with Gasteiger partial charge in [-0.05, 0) is 37.1 Å². The van der Waals surface area contributed by atoms with Crippen LogP contribution in [0.25, 0.3) is 0 Å². The van der Waals surface area contributed by atoms with Crippen molar-refractivity contribution in [3.63, 3.8) is 0 Å². The lowest BCUT2D eigenvalue weighted by molar-refractivity contribution is -0.137. The fourth-order valence-corrected chi connectivity index (χ4v) is 1.77. The maximum Gasteiger partial charge on any atom is 0.304 e. The van der Waals surface area contributed by atoms with Crippen molar-refractivity contribution in [2.45, 2.75) is 27.2 Å². The number of methoxy groups -OCH3 is 1. The zero-order valence-electron chi connectivity index (χ0n) is 11.1. The van der Waals surface area contributed by atoms with Crippen molar-refractivity contribution >= 4 is 11.8 Å². The van der Waals surface area contributed by atoms with Gasteiger partial charge >= 0.3 is 5.97 Å². The van der Waals surface area contributed by atoms with Crippen molar-refractivity contribution in [1.29, 1.82) is 0 Å². The molecule has 1 N–H and O–H groups in total. The summed E-state index contributed by atoms with van der Waals surface area (Å²) in [5, 5.41) is 8.72. The maximum atomic E-state index is 12.2. The first-order valence-corrected chi connectivity index (χ1v) is 5.78. The Balaban J connectivity index is 3.12. The summed E-state index contributed by atoms with van der Waals surface area (Å²) in [6.07, 6.45) is -0.172. The third-order valence-corrected chi connectivity index (χ3v) is 3.01. The van der Waals surface area contributed by atoms with E-state index in [1.807, 2.05) is 13.8 Å². The summed E-state index contributed by atoms with van der Waals surface area (Å²) >= 11 is 0. The third kappa shape index (κ3) is 3.09. The molecule has 0 amide bonds. The fourth-order valence-electron chi connectivity index (χ4n) is 1.77. The van der Waals surface area contributed by atoms with Crippen molar-refractivity contribution in [3.05, 3.63) is 28.8 Å². The SMILES string of the molecule is COc1cc(C)c(C)cc1C(=O)C(C)CC(=O)O. The molecule has 1 atom stereocenters. The predicted molar refractivity (Wildman–Crippen MR) is 68.2 cm³/mol. The van der Waals surface area contributed by atoms with E-state index >= 15 is 0 Å². The molecule has 1 rings (SSSR count). The summed E-state index contributed by atoms with van der Waals surface area (Å²) in [6.45, 7) is 5.46. The van der Waals surface area contributed by atoms with Crippen LogP contribution >= 0.6 is 0 Å². The molecule has 0 radical (unpaired) electrons. The molecule has 0 heterocycles. The quantitative estimate of drug-likeness (QED) is 0.816. The number of ketones is 1. The number of Topliss-reactive ketones (excluding diaryl/α,β-unsaturated/α-hetero) is 1. The Kier molecular flexibility index (Phi) is 4.48. The number of hydrogen-bond donors (Lipinski definition) is 1. The number of aliphatic carboxylic acids is 1. The van der Waals surface area contributed by atoms with Gasteiger partial charge in [0.2, 0.25) is 0 Å². The van der Waals surface area contributed by atoms with Crippen LogP contribution in [0, 0.1) is 19.8 Å². The molecule has 18 heavy (non-hydrogen) atoms. The van der Waals surface area contributed by atoms with Crippen LogP contribution in [0.3, 0.4) is 0 Å². The number of carboxylic acid groups (broad SMARTS) is 1. The molecule has 1 aromatic carbocycles. The van der Waals surface area contributed by atoms with Gasteiger partial charge in [-0.1, -0.05) is 6.92 Å². The predicted octanol–water partition coefficient (Wildman–Crippen LogP) is 2.61. The molecule has 98 valence electrons. The first-order chi connectivity index (χ1) is 8.36. The Bertz CT molecular complexity index is 477. The number of rotatable bonds is 5. The van der Waals surface area contributed by atoms with Crippen LogP contribution in [0.2, 0.25) is 0 Å². The highest BCUT2D eigenvalue weighted by Gasteiger charge is 2.22. The average molecular weight is 250 g/mol. The molecule has 0 bridgehead atoms. The van der Waals surface area contributed by atoms with Gasteiger partial charge in [0, 0.05) is 5.92 Å². The largest absolute Gasteiger partial charge is 0.496 e. The third-order valence-electron chi connectivity index (χ3n) is 3.01. The van der Waals surface area contributed by atoms with Crippen LogP contribution in [-0.2, 0) is 4.79 Å². The van der Waals surface area contributed by atoms with Crippen LogP contribution in [0.1, 0.15) is 34.8 Å². The molecule has 0 aliphatic rings. The monoisotopic (exact) mass is 250 g/mol. The average Bonchev–Trinajstić information content (AvgIpc) is 2.30. The van der Waals surface area contributed by atoms with Gasteiger partial charge in [0.25, 0.3) is 0 Å². The molecular weight excluding hydrogens is 232 g/mol. The van der Waals surface area contributed by atoms with E-state index in [0.717, 1.165) is 11.1 Å². The Morgan fingerprint density at radius 3 is 2.33 bits per heavy atom. The highest BCUT2D eigenvalue weighted by Crippen LogP contribution is 2.26. The van der Waals surface area contributed by atoms with Crippen molar-refractivity contribution in [2.75, 3.05) is 7.11 Å². The zero-order chi connectivity index (χ0) is 13.9. The van der Waals surface area contributed by atoms with E-state index in [1.165, 1.54) is 7.11 Å². The van der Waals surface area contributed by atoms with Gasteiger partial charge in [0.1, 0.15) is 5.75 Å². The van der Waals surface area contributed by atoms with Gasteiger partial charge in [-0.15, -0.1) is 0 Å². The molecule has 0 aromatic heterocycles. The van der Waals surface area contributed by atoms with Crippen LogP contribution in [0.5, 0.6) is 5.75 Å². The van der Waals surface area contributed by atoms with E-state index in [9.17, 15) is 9.59 Å². The van der Waals surface area contributed by atoms with Gasteiger partial charge in [0.05, 0.1) is 19.1 Å².